The molecule has 0 spiro atoms. The second-order valence-electron chi connectivity index (χ2n) is 8.67. The molecule has 7 nitrogen and oxygen atoms in total. The summed E-state index contributed by atoms with van der Waals surface area (Å²) in [5.74, 6) is 0.696. The number of aromatic nitrogens is 1. The van der Waals surface area contributed by atoms with Crippen LogP contribution >= 0.6 is 0 Å². The van der Waals surface area contributed by atoms with Crippen LogP contribution in [0.2, 0.25) is 0 Å². The SMILES string of the molecule is CCOC(=O)C1=C(C)N(c2ccc(OCC)cc2)C(=O)/C1=C\c1cc(C)n(-c2ccc(OC)cc2)c1C. The standard InChI is InChI=1S/C30H32N2O5/c1-7-36-26-15-11-24(12-16-26)32-21(5)28(30(34)37-8-2)27(29(32)33)18-22-17-19(3)31(20(22)4)23-9-13-25(35-6)14-10-23/h9-18H,7-8H2,1-6H3/b27-18-. The number of anilines is 1. The lowest BCUT2D eigenvalue weighted by Crippen LogP contribution is -2.24. The monoisotopic (exact) mass is 500 g/mol. The molecule has 0 atom stereocenters. The molecule has 192 valence electrons. The third-order valence-corrected chi connectivity index (χ3v) is 6.39. The molecular formula is C30H32N2O5. The third-order valence-electron chi connectivity index (χ3n) is 6.39. The summed E-state index contributed by atoms with van der Waals surface area (Å²) in [6, 6.07) is 17.1. The molecule has 7 heteroatoms. The normalized spacial score (nSPS) is 14.5. The minimum Gasteiger partial charge on any atom is -0.497 e. The first-order chi connectivity index (χ1) is 17.8. The second-order valence-corrected chi connectivity index (χ2v) is 8.67. The lowest BCUT2D eigenvalue weighted by molar-refractivity contribution is -0.138. The van der Waals surface area contributed by atoms with E-state index in [1.165, 1.54) is 0 Å². The average molecular weight is 501 g/mol. The third kappa shape index (κ3) is 4.89. The number of methoxy groups -OCH3 is 1. The van der Waals surface area contributed by atoms with Crippen LogP contribution in [0.15, 0.2) is 71.4 Å². The maximum atomic E-state index is 13.8. The predicted octanol–water partition coefficient (Wildman–Crippen LogP) is 5.77. The van der Waals surface area contributed by atoms with Gasteiger partial charge < -0.3 is 18.8 Å². The largest absolute Gasteiger partial charge is 0.497 e. The molecule has 0 bridgehead atoms. The summed E-state index contributed by atoms with van der Waals surface area (Å²) in [4.78, 5) is 28.3. The zero-order valence-electron chi connectivity index (χ0n) is 22.1. The van der Waals surface area contributed by atoms with Crippen LogP contribution < -0.4 is 14.4 Å². The minimum atomic E-state index is -0.517. The van der Waals surface area contributed by atoms with Gasteiger partial charge in [0, 0.05) is 28.5 Å². The van der Waals surface area contributed by atoms with Crippen LogP contribution in [-0.2, 0) is 14.3 Å². The van der Waals surface area contributed by atoms with Gasteiger partial charge in [-0.25, -0.2) is 4.79 Å². The molecule has 1 aliphatic heterocycles. The van der Waals surface area contributed by atoms with Gasteiger partial charge in [-0.3, -0.25) is 9.69 Å². The smallest absolute Gasteiger partial charge is 0.340 e. The van der Waals surface area contributed by atoms with Crippen molar-refractivity contribution in [2.24, 2.45) is 0 Å². The number of hydrogen-bond donors (Lipinski definition) is 0. The number of aryl methyl sites for hydroxylation is 1. The van der Waals surface area contributed by atoms with Gasteiger partial charge in [0.1, 0.15) is 11.5 Å². The molecule has 37 heavy (non-hydrogen) atoms. The first-order valence-electron chi connectivity index (χ1n) is 12.3. The number of rotatable bonds is 8. The Morgan fingerprint density at radius 1 is 0.892 bits per heavy atom. The van der Waals surface area contributed by atoms with Gasteiger partial charge in [-0.05, 0) is 101 Å². The van der Waals surface area contributed by atoms with Crippen molar-refractivity contribution in [2.45, 2.75) is 34.6 Å². The molecule has 1 aromatic heterocycles. The Morgan fingerprint density at radius 2 is 1.51 bits per heavy atom. The molecule has 0 saturated carbocycles. The van der Waals surface area contributed by atoms with E-state index in [2.05, 4.69) is 4.57 Å². The molecule has 4 rings (SSSR count). The number of carbonyl (C=O) groups excluding carboxylic acids is 2. The topological polar surface area (TPSA) is 70.0 Å². The molecule has 2 aromatic carbocycles. The van der Waals surface area contributed by atoms with Gasteiger partial charge in [-0.15, -0.1) is 0 Å². The van der Waals surface area contributed by atoms with Crippen molar-refractivity contribution in [1.29, 1.82) is 0 Å². The lowest BCUT2D eigenvalue weighted by Gasteiger charge is -2.18. The maximum Gasteiger partial charge on any atom is 0.340 e. The molecule has 0 unspecified atom stereocenters. The number of allylic oxidation sites excluding steroid dienone is 1. The summed E-state index contributed by atoms with van der Waals surface area (Å²) in [7, 11) is 1.64. The fourth-order valence-corrected chi connectivity index (χ4v) is 4.67. The van der Waals surface area contributed by atoms with E-state index in [0.717, 1.165) is 28.4 Å². The quantitative estimate of drug-likeness (QED) is 0.290. The van der Waals surface area contributed by atoms with Gasteiger partial charge in [0.25, 0.3) is 5.91 Å². The van der Waals surface area contributed by atoms with E-state index in [1.807, 2.05) is 75.4 Å². The van der Waals surface area contributed by atoms with Gasteiger partial charge in [-0.2, -0.15) is 0 Å². The molecule has 1 amide bonds. The molecule has 2 heterocycles. The molecule has 0 aliphatic carbocycles. The van der Waals surface area contributed by atoms with Crippen molar-refractivity contribution < 1.29 is 23.8 Å². The van der Waals surface area contributed by atoms with Gasteiger partial charge >= 0.3 is 5.97 Å². The summed E-state index contributed by atoms with van der Waals surface area (Å²) >= 11 is 0. The highest BCUT2D eigenvalue weighted by Crippen LogP contribution is 2.37. The fraction of sp³-hybridized carbons (Fsp3) is 0.267. The van der Waals surface area contributed by atoms with Crippen molar-refractivity contribution >= 4 is 23.6 Å². The molecule has 1 aliphatic rings. The Hall–Kier alpha value is -4.26. The molecule has 0 radical (unpaired) electrons. The van der Waals surface area contributed by atoms with E-state index in [4.69, 9.17) is 14.2 Å². The van der Waals surface area contributed by atoms with Crippen LogP contribution in [0.3, 0.4) is 0 Å². The zero-order valence-corrected chi connectivity index (χ0v) is 22.1. The number of hydrogen-bond acceptors (Lipinski definition) is 5. The van der Waals surface area contributed by atoms with Crippen LogP contribution in [0.5, 0.6) is 11.5 Å². The highest BCUT2D eigenvalue weighted by atomic mass is 16.5. The van der Waals surface area contributed by atoms with Gasteiger partial charge in [-0.1, -0.05) is 0 Å². The molecule has 0 saturated heterocycles. The van der Waals surface area contributed by atoms with Crippen LogP contribution in [0.25, 0.3) is 11.8 Å². The van der Waals surface area contributed by atoms with Crippen molar-refractivity contribution in [3.8, 4) is 17.2 Å². The van der Waals surface area contributed by atoms with E-state index in [-0.39, 0.29) is 18.1 Å². The summed E-state index contributed by atoms with van der Waals surface area (Å²) in [6.45, 7) is 10.2. The van der Waals surface area contributed by atoms with Crippen LogP contribution in [0.4, 0.5) is 5.69 Å². The Bertz CT molecular complexity index is 1380. The number of benzene rings is 2. The van der Waals surface area contributed by atoms with E-state index in [0.29, 0.717) is 29.3 Å². The van der Waals surface area contributed by atoms with E-state index >= 15 is 0 Å². The average Bonchev–Trinajstić information content (AvgIpc) is 3.31. The zero-order chi connectivity index (χ0) is 26.7. The van der Waals surface area contributed by atoms with Crippen molar-refractivity contribution in [2.75, 3.05) is 25.2 Å². The Morgan fingerprint density at radius 3 is 2.11 bits per heavy atom. The summed E-state index contributed by atoms with van der Waals surface area (Å²) in [5.41, 5.74) is 5.54. The van der Waals surface area contributed by atoms with Crippen molar-refractivity contribution in [1.82, 2.24) is 4.57 Å². The number of carbonyl (C=O) groups is 2. The van der Waals surface area contributed by atoms with Crippen molar-refractivity contribution in [3.05, 3.63) is 88.4 Å². The highest BCUT2D eigenvalue weighted by Gasteiger charge is 2.38. The summed E-state index contributed by atoms with van der Waals surface area (Å²) < 4.78 is 18.3. The van der Waals surface area contributed by atoms with Crippen LogP contribution in [0, 0.1) is 13.8 Å². The molecule has 0 N–H and O–H groups in total. The van der Waals surface area contributed by atoms with Gasteiger partial charge in [0.05, 0.1) is 31.5 Å². The number of nitrogens with zero attached hydrogens (tertiary/aromatic N) is 2. The van der Waals surface area contributed by atoms with E-state index in [1.54, 1.807) is 31.9 Å². The molecular weight excluding hydrogens is 468 g/mol. The van der Waals surface area contributed by atoms with Gasteiger partial charge in [0.2, 0.25) is 0 Å². The van der Waals surface area contributed by atoms with Crippen LogP contribution in [0.1, 0.15) is 37.7 Å². The van der Waals surface area contributed by atoms with Crippen molar-refractivity contribution in [3.63, 3.8) is 0 Å². The number of ether oxygens (including phenoxy) is 3. The molecule has 0 fully saturated rings. The summed E-state index contributed by atoms with van der Waals surface area (Å²) in [5, 5.41) is 0. The second kappa shape index (κ2) is 10.8. The highest BCUT2D eigenvalue weighted by molar-refractivity contribution is 6.23. The first kappa shape index (κ1) is 25.8. The number of amides is 1. The summed E-state index contributed by atoms with van der Waals surface area (Å²) in [6.07, 6.45) is 1.79. The Kier molecular flexibility index (Phi) is 7.53. The van der Waals surface area contributed by atoms with E-state index in [9.17, 15) is 9.59 Å². The Balaban J connectivity index is 1.79. The molecule has 3 aromatic rings. The lowest BCUT2D eigenvalue weighted by atomic mass is 10.0. The fourth-order valence-electron chi connectivity index (χ4n) is 4.67. The Labute approximate surface area is 217 Å². The first-order valence-corrected chi connectivity index (χ1v) is 12.3. The minimum absolute atomic E-state index is 0.214. The van der Waals surface area contributed by atoms with Gasteiger partial charge in [0.15, 0.2) is 0 Å². The van der Waals surface area contributed by atoms with Crippen LogP contribution in [-0.4, -0.2) is 36.8 Å². The van der Waals surface area contributed by atoms with E-state index < -0.39 is 5.97 Å². The maximum absolute atomic E-state index is 13.8. The predicted molar refractivity (Wildman–Crippen MR) is 144 cm³/mol. The number of esters is 1.